The Morgan fingerprint density at radius 1 is 0.500 bits per heavy atom. The molecule has 21 heteroatoms. The van der Waals surface area contributed by atoms with Gasteiger partial charge in [0.1, 0.15) is 6.79 Å². The Hall–Kier alpha value is 2.19. The Kier molecular flexibility index (Phi) is 23.1. The molecule has 22 heavy (non-hydrogen) atoms. The number of carbonyl (C=O) groups excluding carboxylic acids is 1. The fourth-order valence-corrected chi connectivity index (χ4v) is 2.49. The molecular formula is CH12Na2O15P4. The summed E-state index contributed by atoms with van der Waals surface area (Å²) in [5.41, 5.74) is 0. The fourth-order valence-electron chi connectivity index (χ4n) is 0.277. The van der Waals surface area contributed by atoms with E-state index >= 15 is 0 Å². The summed E-state index contributed by atoms with van der Waals surface area (Å²) < 4.78 is 44.4. The van der Waals surface area contributed by atoms with Crippen LogP contribution in [0.4, 0.5) is 0 Å². The molecule has 0 bridgehead atoms. The van der Waals surface area contributed by atoms with Crippen molar-refractivity contribution in [3.05, 3.63) is 0 Å². The van der Waals surface area contributed by atoms with Gasteiger partial charge in [0, 0.05) is 0 Å². The van der Waals surface area contributed by atoms with Gasteiger partial charge in [-0.15, -0.1) is 0 Å². The number of hydrogen-bond donors (Lipinski definition) is 8. The Morgan fingerprint density at radius 3 is 0.591 bits per heavy atom. The SMILES string of the molecule is C=O.O=P(O)(O)OP(=O)(O)O.O=P(O)(O)OP(=O)(O)O.[NaH].[NaH]. The van der Waals surface area contributed by atoms with Crippen molar-refractivity contribution in [3.8, 4) is 0 Å². The van der Waals surface area contributed by atoms with Crippen molar-refractivity contribution in [3.63, 3.8) is 0 Å². The summed E-state index contributed by atoms with van der Waals surface area (Å²) in [4.78, 5) is 70.0. The van der Waals surface area contributed by atoms with Crippen molar-refractivity contribution in [1.82, 2.24) is 0 Å². The van der Waals surface area contributed by atoms with Gasteiger partial charge in [-0.1, -0.05) is 0 Å². The second-order valence-corrected chi connectivity index (χ2v) is 7.36. The van der Waals surface area contributed by atoms with Crippen molar-refractivity contribution in [2.45, 2.75) is 0 Å². The maximum absolute atomic E-state index is 9.63. The van der Waals surface area contributed by atoms with Gasteiger partial charge < -0.3 is 43.9 Å². The van der Waals surface area contributed by atoms with E-state index in [1.54, 1.807) is 0 Å². The van der Waals surface area contributed by atoms with Crippen LogP contribution in [0.25, 0.3) is 0 Å². The first-order chi connectivity index (χ1) is 8.41. The third kappa shape index (κ3) is 49.5. The zero-order valence-electron chi connectivity index (χ0n) is 8.93. The number of rotatable bonds is 4. The molecule has 0 aromatic rings. The van der Waals surface area contributed by atoms with Gasteiger partial charge in [-0.3, -0.25) is 0 Å². The fraction of sp³-hybridized carbons (Fsp3) is 0. The van der Waals surface area contributed by atoms with Gasteiger partial charge in [0.2, 0.25) is 0 Å². The third-order valence-electron chi connectivity index (χ3n) is 0.425. The molecule has 0 radical (unpaired) electrons. The summed E-state index contributed by atoms with van der Waals surface area (Å²) in [6.07, 6.45) is 0. The summed E-state index contributed by atoms with van der Waals surface area (Å²) in [5.74, 6) is 0. The Labute approximate surface area is 167 Å². The average Bonchev–Trinajstić information content (AvgIpc) is 1.93. The molecule has 0 aliphatic carbocycles. The van der Waals surface area contributed by atoms with Crippen molar-refractivity contribution in [1.29, 1.82) is 0 Å². The van der Waals surface area contributed by atoms with Crippen molar-refractivity contribution < 1.29 is 70.8 Å². The third-order valence-corrected chi connectivity index (χ3v) is 3.83. The molecular weight excluding hydrogens is 422 g/mol. The number of phosphoric acid groups is 4. The predicted octanol–water partition coefficient (Wildman–Crippen LogP) is -3.11. The van der Waals surface area contributed by atoms with Gasteiger partial charge in [0.05, 0.1) is 0 Å². The van der Waals surface area contributed by atoms with Crippen LogP contribution in [-0.2, 0) is 31.7 Å². The van der Waals surface area contributed by atoms with E-state index in [-0.39, 0.29) is 59.1 Å². The standard InChI is InChI=1S/CH2O.2Na.2H4O7P2.2H/c1-2;;;2*1-8(2,3)7-9(4,5)6;;/h1H2;;;2*(H2,1,2,3)(H2,4,5,6);;. The van der Waals surface area contributed by atoms with Gasteiger partial charge in [-0.25, -0.2) is 18.3 Å². The summed E-state index contributed by atoms with van der Waals surface area (Å²) in [7, 11) is -20.2. The minimum absolute atomic E-state index is 0. The predicted molar refractivity (Wildman–Crippen MR) is 71.8 cm³/mol. The zero-order valence-corrected chi connectivity index (χ0v) is 12.5. The molecule has 0 spiro atoms. The van der Waals surface area contributed by atoms with E-state index in [1.807, 2.05) is 6.79 Å². The molecule has 0 saturated carbocycles. The van der Waals surface area contributed by atoms with E-state index in [9.17, 15) is 18.3 Å². The van der Waals surface area contributed by atoms with E-state index in [4.69, 9.17) is 43.9 Å². The van der Waals surface area contributed by atoms with E-state index in [2.05, 4.69) is 8.62 Å². The van der Waals surface area contributed by atoms with Crippen LogP contribution in [0.1, 0.15) is 0 Å². The Morgan fingerprint density at radius 2 is 0.591 bits per heavy atom. The van der Waals surface area contributed by atoms with Crippen molar-refractivity contribution in [2.24, 2.45) is 0 Å². The summed E-state index contributed by atoms with van der Waals surface area (Å²) in [5, 5.41) is 0. The molecule has 0 amide bonds. The second-order valence-electron chi connectivity index (χ2n) is 2.13. The van der Waals surface area contributed by atoms with Gasteiger partial charge in [-0.2, -0.15) is 8.62 Å². The molecule has 0 aromatic heterocycles. The molecule has 0 aromatic carbocycles. The van der Waals surface area contributed by atoms with Gasteiger partial charge in [0.15, 0.2) is 0 Å². The summed E-state index contributed by atoms with van der Waals surface area (Å²) >= 11 is 0. The minimum atomic E-state index is -5.05. The number of carbonyl (C=O) groups is 1. The molecule has 0 atom stereocenters. The van der Waals surface area contributed by atoms with Crippen LogP contribution in [0, 0.1) is 0 Å². The quantitative estimate of drug-likeness (QED) is 0.161. The van der Waals surface area contributed by atoms with Crippen LogP contribution >= 0.6 is 31.3 Å². The summed E-state index contributed by atoms with van der Waals surface area (Å²) in [6.45, 7) is 2.00. The van der Waals surface area contributed by atoms with Crippen LogP contribution in [0.3, 0.4) is 0 Å². The maximum atomic E-state index is 9.63. The van der Waals surface area contributed by atoms with E-state index in [0.717, 1.165) is 0 Å². The van der Waals surface area contributed by atoms with Crippen LogP contribution in [-0.4, -0.2) is 105 Å². The molecule has 0 unspecified atom stereocenters. The average molecular weight is 434 g/mol. The monoisotopic (exact) mass is 434 g/mol. The molecule has 0 saturated heterocycles. The van der Waals surface area contributed by atoms with Crippen LogP contribution in [0.2, 0.25) is 0 Å². The molecule has 0 heterocycles. The van der Waals surface area contributed by atoms with Crippen LogP contribution in [0.15, 0.2) is 0 Å². The Bertz CT molecular complexity index is 366. The zero-order chi connectivity index (χ0) is 17.4. The first kappa shape index (κ1) is 35.3. The molecule has 128 valence electrons. The van der Waals surface area contributed by atoms with Gasteiger partial charge >= 0.3 is 90.4 Å². The van der Waals surface area contributed by atoms with Gasteiger partial charge in [-0.05, 0) is 0 Å². The van der Waals surface area contributed by atoms with Crippen LogP contribution < -0.4 is 0 Å². The normalized spacial score (nSPS) is 11.5. The molecule has 8 N–H and O–H groups in total. The molecule has 15 nitrogen and oxygen atoms in total. The molecule has 0 rings (SSSR count). The van der Waals surface area contributed by atoms with Crippen LogP contribution in [0.5, 0.6) is 0 Å². The van der Waals surface area contributed by atoms with Crippen molar-refractivity contribution >= 4 is 97.2 Å². The number of hydrogen-bond acceptors (Lipinski definition) is 7. The van der Waals surface area contributed by atoms with Gasteiger partial charge in [0.25, 0.3) is 0 Å². The molecule has 0 fully saturated rings. The molecule has 0 aliphatic heterocycles. The second kappa shape index (κ2) is 14.4. The Balaban J connectivity index is -0.0000000726. The van der Waals surface area contributed by atoms with E-state index in [1.165, 1.54) is 0 Å². The molecule has 0 aliphatic rings. The van der Waals surface area contributed by atoms with Crippen molar-refractivity contribution in [2.75, 3.05) is 0 Å². The van der Waals surface area contributed by atoms with E-state index < -0.39 is 31.3 Å². The van der Waals surface area contributed by atoms with E-state index in [0.29, 0.717) is 0 Å². The first-order valence-corrected chi connectivity index (χ1v) is 9.47. The topological polar surface area (TPSA) is 266 Å². The summed E-state index contributed by atoms with van der Waals surface area (Å²) in [6, 6.07) is 0. The first-order valence-electron chi connectivity index (χ1n) is 3.35.